The largest absolute Gasteiger partial charge is 0.322 e. The van der Waals surface area contributed by atoms with Gasteiger partial charge in [-0.05, 0) is 19.8 Å². The van der Waals surface area contributed by atoms with Gasteiger partial charge >= 0.3 is 0 Å². The van der Waals surface area contributed by atoms with Gasteiger partial charge in [0.1, 0.15) is 5.01 Å². The van der Waals surface area contributed by atoms with Gasteiger partial charge < -0.3 is 5.73 Å². The number of nitrogens with two attached hydrogens (primary N) is 1. The van der Waals surface area contributed by atoms with E-state index in [1.165, 1.54) is 12.8 Å². The molecule has 1 saturated carbocycles. The van der Waals surface area contributed by atoms with Crippen molar-refractivity contribution in [3.05, 3.63) is 28.7 Å². The zero-order valence-corrected chi connectivity index (χ0v) is 10.5. The molecule has 1 aliphatic carbocycles. The Kier molecular flexibility index (Phi) is 3.74. The Morgan fingerprint density at radius 2 is 2.50 bits per heavy atom. The summed E-state index contributed by atoms with van der Waals surface area (Å²) in [5, 5.41) is 3.15. The van der Waals surface area contributed by atoms with Gasteiger partial charge in [0.05, 0.1) is 11.7 Å². The molecule has 1 aromatic heterocycles. The van der Waals surface area contributed by atoms with Crippen molar-refractivity contribution in [2.24, 2.45) is 5.73 Å². The summed E-state index contributed by atoms with van der Waals surface area (Å²) in [4.78, 5) is 7.00. The smallest absolute Gasteiger partial charge is 0.109 e. The predicted octanol–water partition coefficient (Wildman–Crippen LogP) is 2.31. The van der Waals surface area contributed by atoms with Crippen molar-refractivity contribution < 1.29 is 0 Å². The summed E-state index contributed by atoms with van der Waals surface area (Å²) in [6.07, 6.45) is 4.60. The predicted molar refractivity (Wildman–Crippen MR) is 68.3 cm³/mol. The second-order valence-corrected chi connectivity index (χ2v) is 5.30. The molecule has 0 bridgehead atoms. The fourth-order valence-corrected chi connectivity index (χ4v) is 2.53. The lowest BCUT2D eigenvalue weighted by atomic mass is 10.3. The molecule has 2 rings (SSSR count). The van der Waals surface area contributed by atoms with Crippen molar-refractivity contribution in [3.8, 4) is 0 Å². The van der Waals surface area contributed by atoms with Crippen LogP contribution in [0.2, 0.25) is 0 Å². The normalized spacial score (nSPS) is 17.7. The van der Waals surface area contributed by atoms with Crippen molar-refractivity contribution in [2.75, 3.05) is 6.54 Å². The monoisotopic (exact) mass is 237 g/mol. The summed E-state index contributed by atoms with van der Waals surface area (Å²) in [7, 11) is 0. The summed E-state index contributed by atoms with van der Waals surface area (Å²) < 4.78 is 0. The highest BCUT2D eigenvalue weighted by Crippen LogP contribution is 2.28. The van der Waals surface area contributed by atoms with E-state index in [0.29, 0.717) is 0 Å². The summed E-state index contributed by atoms with van der Waals surface area (Å²) in [5.74, 6) is 0. The van der Waals surface area contributed by atoms with E-state index in [1.54, 1.807) is 11.3 Å². The highest BCUT2D eigenvalue weighted by atomic mass is 32.1. The van der Waals surface area contributed by atoms with Gasteiger partial charge in [0.25, 0.3) is 0 Å². The van der Waals surface area contributed by atoms with Gasteiger partial charge in [-0.3, -0.25) is 4.90 Å². The lowest BCUT2D eigenvalue weighted by molar-refractivity contribution is 0.281. The number of hydrogen-bond donors (Lipinski definition) is 1. The first-order chi connectivity index (χ1) is 7.70. The van der Waals surface area contributed by atoms with E-state index in [-0.39, 0.29) is 6.04 Å². The lowest BCUT2D eigenvalue weighted by Crippen LogP contribution is -2.25. The fourth-order valence-electron chi connectivity index (χ4n) is 1.76. The van der Waals surface area contributed by atoms with Crippen molar-refractivity contribution in [1.82, 2.24) is 9.88 Å². The molecule has 2 N–H and O–H groups in total. The Morgan fingerprint density at radius 1 is 1.75 bits per heavy atom. The molecule has 16 heavy (non-hydrogen) atoms. The van der Waals surface area contributed by atoms with Gasteiger partial charge in [0, 0.05) is 24.5 Å². The van der Waals surface area contributed by atoms with Gasteiger partial charge in [-0.15, -0.1) is 17.9 Å². The molecule has 0 aliphatic heterocycles. The van der Waals surface area contributed by atoms with Gasteiger partial charge in [-0.25, -0.2) is 4.98 Å². The van der Waals surface area contributed by atoms with Gasteiger partial charge in [0.15, 0.2) is 0 Å². The van der Waals surface area contributed by atoms with Crippen LogP contribution in [-0.4, -0.2) is 22.5 Å². The minimum absolute atomic E-state index is 0.0486. The number of thiazole rings is 1. The zero-order valence-electron chi connectivity index (χ0n) is 9.72. The van der Waals surface area contributed by atoms with E-state index in [1.807, 2.05) is 13.0 Å². The van der Waals surface area contributed by atoms with E-state index in [9.17, 15) is 0 Å². The van der Waals surface area contributed by atoms with E-state index >= 15 is 0 Å². The fraction of sp³-hybridized carbons (Fsp3) is 0.583. The Bertz CT molecular complexity index is 355. The molecule has 1 unspecified atom stereocenters. The number of aromatic nitrogens is 1. The molecule has 1 aliphatic rings. The second-order valence-electron chi connectivity index (χ2n) is 4.42. The van der Waals surface area contributed by atoms with Crippen molar-refractivity contribution in [2.45, 2.75) is 38.4 Å². The average Bonchev–Trinajstić information content (AvgIpc) is 2.98. The number of nitrogens with zero attached hydrogens (tertiary/aromatic N) is 2. The molecule has 0 spiro atoms. The Labute approximate surface area is 101 Å². The lowest BCUT2D eigenvalue weighted by Gasteiger charge is -2.18. The molecular weight excluding hydrogens is 218 g/mol. The molecule has 1 heterocycles. The van der Waals surface area contributed by atoms with Crippen LogP contribution < -0.4 is 5.73 Å². The first kappa shape index (κ1) is 11.8. The van der Waals surface area contributed by atoms with Crippen LogP contribution in [0.3, 0.4) is 0 Å². The van der Waals surface area contributed by atoms with E-state index in [2.05, 4.69) is 21.8 Å². The van der Waals surface area contributed by atoms with E-state index in [0.717, 1.165) is 29.8 Å². The average molecular weight is 237 g/mol. The van der Waals surface area contributed by atoms with Crippen LogP contribution in [0.15, 0.2) is 18.0 Å². The molecule has 4 heteroatoms. The Hall–Kier alpha value is -0.710. The maximum Gasteiger partial charge on any atom is 0.109 e. The molecule has 1 fully saturated rings. The highest BCUT2D eigenvalue weighted by molar-refractivity contribution is 7.09. The molecule has 3 nitrogen and oxygen atoms in total. The summed E-state index contributed by atoms with van der Waals surface area (Å²) >= 11 is 1.66. The molecule has 0 aromatic carbocycles. The minimum atomic E-state index is 0.0486. The molecule has 88 valence electrons. The van der Waals surface area contributed by atoms with Crippen LogP contribution >= 0.6 is 11.3 Å². The maximum absolute atomic E-state index is 5.81. The first-order valence-electron chi connectivity index (χ1n) is 5.75. The molecule has 0 radical (unpaired) electrons. The third kappa shape index (κ3) is 2.90. The van der Waals surface area contributed by atoms with Crippen LogP contribution in [0, 0.1) is 0 Å². The topological polar surface area (TPSA) is 42.1 Å². The second kappa shape index (κ2) is 5.08. The van der Waals surface area contributed by atoms with Crippen molar-refractivity contribution in [3.63, 3.8) is 0 Å². The van der Waals surface area contributed by atoms with Crippen LogP contribution in [0.1, 0.15) is 36.5 Å². The Morgan fingerprint density at radius 3 is 3.00 bits per heavy atom. The van der Waals surface area contributed by atoms with Crippen LogP contribution in [0.4, 0.5) is 0 Å². The van der Waals surface area contributed by atoms with Crippen LogP contribution in [-0.2, 0) is 6.54 Å². The number of hydrogen-bond acceptors (Lipinski definition) is 4. The van der Waals surface area contributed by atoms with Crippen molar-refractivity contribution in [1.29, 1.82) is 0 Å². The molecule has 1 aromatic rings. The quantitative estimate of drug-likeness (QED) is 0.772. The van der Waals surface area contributed by atoms with Crippen LogP contribution in [0.25, 0.3) is 0 Å². The molecule has 1 atom stereocenters. The van der Waals surface area contributed by atoms with E-state index in [4.69, 9.17) is 5.73 Å². The van der Waals surface area contributed by atoms with Crippen molar-refractivity contribution >= 4 is 11.3 Å². The standard InChI is InChI=1S/C12H19N3S/c1-3-6-15(11-4-5-11)7-10-8-16-12(14-10)9(2)13/h3,8-9,11H,1,4-7,13H2,2H3. The SMILES string of the molecule is C=CCN(Cc1csc(C(C)N)n1)C1CC1. The zero-order chi connectivity index (χ0) is 11.5. The first-order valence-corrected chi connectivity index (χ1v) is 6.63. The van der Waals surface area contributed by atoms with Gasteiger partial charge in [-0.1, -0.05) is 6.08 Å². The highest BCUT2D eigenvalue weighted by Gasteiger charge is 2.28. The third-order valence-electron chi connectivity index (χ3n) is 2.75. The minimum Gasteiger partial charge on any atom is -0.322 e. The van der Waals surface area contributed by atoms with Gasteiger partial charge in [-0.2, -0.15) is 0 Å². The summed E-state index contributed by atoms with van der Waals surface area (Å²) in [5.41, 5.74) is 6.95. The van der Waals surface area contributed by atoms with E-state index < -0.39 is 0 Å². The Balaban J connectivity index is 1.97. The summed E-state index contributed by atoms with van der Waals surface area (Å²) in [6.45, 7) is 7.67. The third-order valence-corrected chi connectivity index (χ3v) is 3.85. The molecular formula is C12H19N3S. The summed E-state index contributed by atoms with van der Waals surface area (Å²) in [6, 6.07) is 0.797. The van der Waals surface area contributed by atoms with Crippen LogP contribution in [0.5, 0.6) is 0 Å². The maximum atomic E-state index is 5.81. The number of rotatable bonds is 6. The molecule has 0 saturated heterocycles. The van der Waals surface area contributed by atoms with Gasteiger partial charge in [0.2, 0.25) is 0 Å². The molecule has 0 amide bonds.